The van der Waals surface area contributed by atoms with Gasteiger partial charge in [0, 0.05) is 24.5 Å². The van der Waals surface area contributed by atoms with Gasteiger partial charge < -0.3 is 0 Å². The highest BCUT2D eigenvalue weighted by molar-refractivity contribution is 9.09. The molecule has 0 fully saturated rings. The van der Waals surface area contributed by atoms with Gasteiger partial charge in [0.25, 0.3) is 10.2 Å². The van der Waals surface area contributed by atoms with Crippen LogP contribution in [0.2, 0.25) is 0 Å². The molecule has 0 radical (unpaired) electrons. The number of nitrogens with one attached hydrogen (secondary N) is 1. The lowest BCUT2D eigenvalue weighted by Gasteiger charge is -2.19. The summed E-state index contributed by atoms with van der Waals surface area (Å²) in [5, 5.41) is 0. The van der Waals surface area contributed by atoms with Crippen molar-refractivity contribution in [1.82, 2.24) is 9.03 Å². The molecule has 6 heteroatoms. The lowest BCUT2D eigenvalue weighted by atomic mass is 10.5. The summed E-state index contributed by atoms with van der Waals surface area (Å²) in [7, 11) is -3.26. The maximum absolute atomic E-state index is 11.5. The van der Waals surface area contributed by atoms with Gasteiger partial charge in [-0.15, -0.1) is 0 Å². The van der Waals surface area contributed by atoms with E-state index in [2.05, 4.69) is 20.7 Å². The van der Waals surface area contributed by atoms with Gasteiger partial charge in [0.1, 0.15) is 0 Å². The normalized spacial score (nSPS) is 14.8. The van der Waals surface area contributed by atoms with E-state index in [0.717, 1.165) is 0 Å². The molecule has 0 aromatic carbocycles. The summed E-state index contributed by atoms with van der Waals surface area (Å²) in [6, 6.07) is 0. The lowest BCUT2D eigenvalue weighted by Crippen LogP contribution is -2.42. The van der Waals surface area contributed by atoms with Crippen LogP contribution in [0.3, 0.4) is 0 Å². The van der Waals surface area contributed by atoms with Gasteiger partial charge in [-0.3, -0.25) is 0 Å². The minimum Gasteiger partial charge on any atom is -0.201 e. The van der Waals surface area contributed by atoms with E-state index in [1.54, 1.807) is 0 Å². The van der Waals surface area contributed by atoms with Crippen molar-refractivity contribution >= 4 is 26.1 Å². The van der Waals surface area contributed by atoms with Crippen molar-refractivity contribution in [2.45, 2.75) is 25.6 Å². The predicted octanol–water partition coefficient (Wildman–Crippen LogP) is 0.946. The van der Waals surface area contributed by atoms with Crippen LogP contribution in [-0.4, -0.2) is 37.2 Å². The van der Waals surface area contributed by atoms with Crippen molar-refractivity contribution < 1.29 is 8.42 Å². The van der Waals surface area contributed by atoms with Crippen LogP contribution in [0, 0.1) is 0 Å². The van der Waals surface area contributed by atoms with Gasteiger partial charge in [0.05, 0.1) is 0 Å². The molecule has 0 aliphatic heterocycles. The molecule has 0 aromatic rings. The van der Waals surface area contributed by atoms with Crippen molar-refractivity contribution in [3.63, 3.8) is 0 Å². The highest BCUT2D eigenvalue weighted by atomic mass is 79.9. The molecule has 0 aliphatic rings. The summed E-state index contributed by atoms with van der Waals surface area (Å²) in [6.07, 6.45) is 0. The van der Waals surface area contributed by atoms with Crippen LogP contribution in [-0.2, 0) is 10.2 Å². The SMILES string of the molecule is CCN(CC)S(=O)(=O)NCC(C)Br. The zero-order chi connectivity index (χ0) is 10.5. The molecule has 0 aromatic heterocycles. The molecule has 1 atom stereocenters. The van der Waals surface area contributed by atoms with Crippen LogP contribution in [0.25, 0.3) is 0 Å². The first kappa shape index (κ1) is 13.4. The average Bonchev–Trinajstić information content (AvgIpc) is 2.03. The second-order valence-corrected chi connectivity index (χ2v) is 6.04. The van der Waals surface area contributed by atoms with Gasteiger partial charge in [-0.2, -0.15) is 12.7 Å². The minimum absolute atomic E-state index is 0.151. The zero-order valence-electron chi connectivity index (χ0n) is 8.25. The minimum atomic E-state index is -3.26. The van der Waals surface area contributed by atoms with Crippen molar-refractivity contribution in [1.29, 1.82) is 0 Å². The third-order valence-electron chi connectivity index (χ3n) is 1.59. The van der Waals surface area contributed by atoms with Gasteiger partial charge in [0.15, 0.2) is 0 Å². The Balaban J connectivity index is 4.22. The smallest absolute Gasteiger partial charge is 0.201 e. The van der Waals surface area contributed by atoms with Crippen molar-refractivity contribution in [2.75, 3.05) is 19.6 Å². The topological polar surface area (TPSA) is 49.4 Å². The van der Waals surface area contributed by atoms with Gasteiger partial charge in [-0.05, 0) is 0 Å². The first-order valence-corrected chi connectivity index (χ1v) is 6.68. The molecule has 0 spiro atoms. The fourth-order valence-electron chi connectivity index (χ4n) is 0.875. The summed E-state index contributed by atoms with van der Waals surface area (Å²) in [6.45, 7) is 6.95. The van der Waals surface area contributed by atoms with E-state index in [0.29, 0.717) is 19.6 Å². The van der Waals surface area contributed by atoms with E-state index in [1.165, 1.54) is 4.31 Å². The van der Waals surface area contributed by atoms with E-state index in [9.17, 15) is 8.42 Å². The largest absolute Gasteiger partial charge is 0.279 e. The highest BCUT2D eigenvalue weighted by Gasteiger charge is 2.17. The second kappa shape index (κ2) is 5.95. The molecule has 0 bridgehead atoms. The van der Waals surface area contributed by atoms with Crippen LogP contribution in [0.15, 0.2) is 0 Å². The average molecular weight is 273 g/mol. The molecule has 0 aliphatic carbocycles. The standard InChI is InChI=1S/C7H17BrN2O2S/c1-4-10(5-2)13(11,12)9-6-7(3)8/h7,9H,4-6H2,1-3H3. The molecule has 80 valence electrons. The Labute approximate surface area is 89.0 Å². The lowest BCUT2D eigenvalue weighted by molar-refractivity contribution is 0.435. The molecule has 0 amide bonds. The van der Waals surface area contributed by atoms with Crippen molar-refractivity contribution in [2.24, 2.45) is 0 Å². The summed E-state index contributed by atoms with van der Waals surface area (Å²) in [5.41, 5.74) is 0. The predicted molar refractivity (Wildman–Crippen MR) is 58.2 cm³/mol. The van der Waals surface area contributed by atoms with Crippen LogP contribution in [0.1, 0.15) is 20.8 Å². The van der Waals surface area contributed by atoms with E-state index >= 15 is 0 Å². The second-order valence-electron chi connectivity index (χ2n) is 2.72. The van der Waals surface area contributed by atoms with Crippen LogP contribution in [0.5, 0.6) is 0 Å². The number of hydrogen-bond acceptors (Lipinski definition) is 2. The Kier molecular flexibility index (Phi) is 6.11. The maximum atomic E-state index is 11.5. The Morgan fingerprint density at radius 3 is 2.15 bits per heavy atom. The molecule has 0 rings (SSSR count). The molecule has 1 unspecified atom stereocenters. The number of halogens is 1. The monoisotopic (exact) mass is 272 g/mol. The quantitative estimate of drug-likeness (QED) is 0.732. The molecular weight excluding hydrogens is 256 g/mol. The summed E-state index contributed by atoms with van der Waals surface area (Å²) in [4.78, 5) is 0.151. The third kappa shape index (κ3) is 4.95. The zero-order valence-corrected chi connectivity index (χ0v) is 10.7. The number of rotatable bonds is 6. The molecule has 0 heterocycles. The van der Waals surface area contributed by atoms with Crippen LogP contribution in [0.4, 0.5) is 0 Å². The fraction of sp³-hybridized carbons (Fsp3) is 1.00. The van der Waals surface area contributed by atoms with Crippen molar-refractivity contribution in [3.05, 3.63) is 0 Å². The van der Waals surface area contributed by atoms with E-state index < -0.39 is 10.2 Å². The van der Waals surface area contributed by atoms with E-state index in [4.69, 9.17) is 0 Å². The maximum Gasteiger partial charge on any atom is 0.279 e. The number of alkyl halides is 1. The molecule has 4 nitrogen and oxygen atoms in total. The highest BCUT2D eigenvalue weighted by Crippen LogP contribution is 1.99. The Hall–Kier alpha value is 0.350. The summed E-state index contributed by atoms with van der Waals surface area (Å²) < 4.78 is 26.9. The Morgan fingerprint density at radius 1 is 1.38 bits per heavy atom. The molecule has 13 heavy (non-hydrogen) atoms. The summed E-state index contributed by atoms with van der Waals surface area (Å²) >= 11 is 3.27. The first-order valence-electron chi connectivity index (χ1n) is 4.32. The number of nitrogens with zero attached hydrogens (tertiary/aromatic N) is 1. The molecule has 1 N–H and O–H groups in total. The van der Waals surface area contributed by atoms with Gasteiger partial charge in [-0.25, -0.2) is 4.72 Å². The van der Waals surface area contributed by atoms with Crippen LogP contribution >= 0.6 is 15.9 Å². The molecule has 0 saturated carbocycles. The van der Waals surface area contributed by atoms with Gasteiger partial charge in [0.2, 0.25) is 0 Å². The summed E-state index contributed by atoms with van der Waals surface area (Å²) in [5.74, 6) is 0. The fourth-order valence-corrected chi connectivity index (χ4v) is 2.57. The van der Waals surface area contributed by atoms with E-state index in [-0.39, 0.29) is 4.83 Å². The third-order valence-corrected chi connectivity index (χ3v) is 3.64. The molecule has 0 saturated heterocycles. The number of hydrogen-bond donors (Lipinski definition) is 1. The molecular formula is C7H17BrN2O2S. The van der Waals surface area contributed by atoms with E-state index in [1.807, 2.05) is 20.8 Å². The van der Waals surface area contributed by atoms with Gasteiger partial charge >= 0.3 is 0 Å². The van der Waals surface area contributed by atoms with Crippen molar-refractivity contribution in [3.8, 4) is 0 Å². The Morgan fingerprint density at radius 2 is 1.85 bits per heavy atom. The van der Waals surface area contributed by atoms with Crippen LogP contribution < -0.4 is 4.72 Å². The Bertz CT molecular complexity index is 225. The van der Waals surface area contributed by atoms with Gasteiger partial charge in [-0.1, -0.05) is 36.7 Å². The first-order chi connectivity index (χ1) is 5.94.